The molecule has 3 aromatic carbocycles. The minimum absolute atomic E-state index is 0.0452. The van der Waals surface area contributed by atoms with Gasteiger partial charge in [0.15, 0.2) is 11.0 Å². The van der Waals surface area contributed by atoms with Gasteiger partial charge in [0.05, 0.1) is 12.0 Å². The van der Waals surface area contributed by atoms with E-state index in [1.54, 1.807) is 12.1 Å². The van der Waals surface area contributed by atoms with Crippen LogP contribution in [0, 0.1) is 6.92 Å². The van der Waals surface area contributed by atoms with E-state index >= 15 is 0 Å². The Labute approximate surface area is 204 Å². The summed E-state index contributed by atoms with van der Waals surface area (Å²) in [6, 6.07) is 19.3. The zero-order valence-electron chi connectivity index (χ0n) is 18.0. The molecule has 0 unspecified atom stereocenters. The number of hydrogen-bond donors (Lipinski definition) is 3. The zero-order valence-corrected chi connectivity index (χ0v) is 19.6. The monoisotopic (exact) mass is 493 g/mol. The molecule has 34 heavy (non-hydrogen) atoms. The van der Waals surface area contributed by atoms with Crippen LogP contribution in [0.5, 0.6) is 11.5 Å². The maximum Gasteiger partial charge on any atom is 0.250 e. The number of carbonyl (C=O) groups excluding carboxylic acids is 1. The third-order valence-corrected chi connectivity index (χ3v) is 5.95. The molecule has 0 saturated carbocycles. The van der Waals surface area contributed by atoms with Gasteiger partial charge in [-0.2, -0.15) is 5.10 Å². The van der Waals surface area contributed by atoms with E-state index < -0.39 is 0 Å². The number of nitrogens with zero attached hydrogens (tertiary/aromatic N) is 4. The number of carbonyl (C=O) groups is 1. The standard InChI is InChI=1S/C24H20ClN5O3S/c1-15-2-9-19(10-3-15)30-23(16-4-7-18(25)8-5-16)28-29-24(30)34-14-22(33)27-26-13-17-6-11-20(31)12-21(17)32/h2-13,31-32H,14H2,1H3,(H,27,33). The number of nitrogens with one attached hydrogen (secondary N) is 1. The van der Waals surface area contributed by atoms with E-state index in [9.17, 15) is 15.0 Å². The van der Waals surface area contributed by atoms with Crippen molar-refractivity contribution in [3.05, 3.63) is 82.9 Å². The minimum atomic E-state index is -0.356. The van der Waals surface area contributed by atoms with Crippen LogP contribution >= 0.6 is 23.4 Å². The predicted molar refractivity (Wildman–Crippen MR) is 133 cm³/mol. The molecule has 0 fully saturated rings. The van der Waals surface area contributed by atoms with Gasteiger partial charge in [-0.1, -0.05) is 41.1 Å². The summed E-state index contributed by atoms with van der Waals surface area (Å²) < 4.78 is 1.89. The molecule has 1 aromatic heterocycles. The number of hydrazone groups is 1. The van der Waals surface area contributed by atoms with Crippen LogP contribution in [0.15, 0.2) is 77.0 Å². The highest BCUT2D eigenvalue weighted by atomic mass is 35.5. The van der Waals surface area contributed by atoms with Crippen molar-refractivity contribution in [3.63, 3.8) is 0 Å². The van der Waals surface area contributed by atoms with Gasteiger partial charge < -0.3 is 10.2 Å². The van der Waals surface area contributed by atoms with Crippen LogP contribution in [0.3, 0.4) is 0 Å². The fourth-order valence-electron chi connectivity index (χ4n) is 3.05. The maximum atomic E-state index is 12.3. The first kappa shape index (κ1) is 23.3. The van der Waals surface area contributed by atoms with Gasteiger partial charge in [0.1, 0.15) is 11.5 Å². The Bertz CT molecular complexity index is 1340. The Kier molecular flexibility index (Phi) is 7.15. The molecule has 3 N–H and O–H groups in total. The first-order chi connectivity index (χ1) is 16.4. The quantitative estimate of drug-likeness (QED) is 0.198. The van der Waals surface area contributed by atoms with E-state index in [0.717, 1.165) is 16.8 Å². The molecular weight excluding hydrogens is 474 g/mol. The van der Waals surface area contributed by atoms with E-state index in [2.05, 4.69) is 20.7 Å². The van der Waals surface area contributed by atoms with E-state index in [1.165, 1.54) is 36.2 Å². The van der Waals surface area contributed by atoms with Crippen LogP contribution in [-0.4, -0.2) is 42.9 Å². The van der Waals surface area contributed by atoms with Crippen LogP contribution < -0.4 is 5.43 Å². The maximum absolute atomic E-state index is 12.3. The molecule has 0 aliphatic carbocycles. The molecular formula is C24H20ClN5O3S. The number of aromatic nitrogens is 3. The van der Waals surface area contributed by atoms with Gasteiger partial charge in [0.2, 0.25) is 0 Å². The fraction of sp³-hybridized carbons (Fsp3) is 0.0833. The molecule has 1 heterocycles. The summed E-state index contributed by atoms with van der Waals surface area (Å²) >= 11 is 7.25. The van der Waals surface area contributed by atoms with Gasteiger partial charge in [-0.25, -0.2) is 5.43 Å². The van der Waals surface area contributed by atoms with E-state index in [4.69, 9.17) is 11.6 Å². The van der Waals surface area contributed by atoms with Crippen molar-refractivity contribution in [3.8, 4) is 28.6 Å². The number of thioether (sulfide) groups is 1. The highest BCUT2D eigenvalue weighted by molar-refractivity contribution is 7.99. The lowest BCUT2D eigenvalue weighted by atomic mass is 10.2. The van der Waals surface area contributed by atoms with Crippen molar-refractivity contribution in [1.82, 2.24) is 20.2 Å². The van der Waals surface area contributed by atoms with Crippen molar-refractivity contribution >= 4 is 35.5 Å². The predicted octanol–water partition coefficient (Wildman–Crippen LogP) is 4.55. The second-order valence-electron chi connectivity index (χ2n) is 7.31. The van der Waals surface area contributed by atoms with Crippen LogP contribution in [-0.2, 0) is 4.79 Å². The van der Waals surface area contributed by atoms with E-state index in [0.29, 0.717) is 21.6 Å². The number of hydrogen-bond acceptors (Lipinski definition) is 7. The van der Waals surface area contributed by atoms with Crippen molar-refractivity contribution in [2.45, 2.75) is 12.1 Å². The summed E-state index contributed by atoms with van der Waals surface area (Å²) in [6.07, 6.45) is 1.30. The third kappa shape index (κ3) is 5.56. The molecule has 4 rings (SSSR count). The summed E-state index contributed by atoms with van der Waals surface area (Å²) in [4.78, 5) is 12.3. The average molecular weight is 494 g/mol. The highest BCUT2D eigenvalue weighted by Gasteiger charge is 2.17. The number of phenolic OH excluding ortho intramolecular Hbond substituents is 2. The molecule has 0 saturated heterocycles. The lowest BCUT2D eigenvalue weighted by molar-refractivity contribution is -0.118. The molecule has 0 aliphatic rings. The number of rotatable bonds is 7. The van der Waals surface area contributed by atoms with Crippen LogP contribution in [0.2, 0.25) is 5.02 Å². The molecule has 0 aliphatic heterocycles. The molecule has 0 atom stereocenters. The Balaban J connectivity index is 1.51. The minimum Gasteiger partial charge on any atom is -0.508 e. The second kappa shape index (κ2) is 10.4. The molecule has 4 aromatic rings. The number of benzene rings is 3. The molecule has 172 valence electrons. The normalized spacial score (nSPS) is 11.1. The molecule has 8 nitrogen and oxygen atoms in total. The molecule has 0 spiro atoms. The summed E-state index contributed by atoms with van der Waals surface area (Å²) in [5, 5.41) is 32.8. The average Bonchev–Trinajstić information content (AvgIpc) is 3.24. The van der Waals surface area contributed by atoms with Crippen LogP contribution in [0.25, 0.3) is 17.1 Å². The largest absolute Gasteiger partial charge is 0.508 e. The summed E-state index contributed by atoms with van der Waals surface area (Å²) in [5.74, 6) is 0.109. The van der Waals surface area contributed by atoms with Crippen molar-refractivity contribution in [2.24, 2.45) is 5.10 Å². The Morgan fingerprint density at radius 2 is 1.82 bits per heavy atom. The fourth-order valence-corrected chi connectivity index (χ4v) is 3.92. The SMILES string of the molecule is Cc1ccc(-n2c(SCC(=O)NN=Cc3ccc(O)cc3O)nnc2-c2ccc(Cl)cc2)cc1. The second-order valence-corrected chi connectivity index (χ2v) is 8.69. The summed E-state index contributed by atoms with van der Waals surface area (Å²) in [5.41, 5.74) is 5.60. The summed E-state index contributed by atoms with van der Waals surface area (Å²) in [6.45, 7) is 2.01. The van der Waals surface area contributed by atoms with Gasteiger partial charge in [0, 0.05) is 27.9 Å². The van der Waals surface area contributed by atoms with Crippen molar-refractivity contribution < 1.29 is 15.0 Å². The summed E-state index contributed by atoms with van der Waals surface area (Å²) in [7, 11) is 0. The Morgan fingerprint density at radius 1 is 1.09 bits per heavy atom. The van der Waals surface area contributed by atoms with Gasteiger partial charge in [-0.3, -0.25) is 9.36 Å². The smallest absolute Gasteiger partial charge is 0.250 e. The van der Waals surface area contributed by atoms with E-state index in [-0.39, 0.29) is 23.2 Å². The number of phenols is 2. The van der Waals surface area contributed by atoms with Crippen molar-refractivity contribution in [2.75, 3.05) is 5.75 Å². The van der Waals surface area contributed by atoms with Crippen molar-refractivity contribution in [1.29, 1.82) is 0 Å². The van der Waals surface area contributed by atoms with E-state index in [1.807, 2.05) is 47.9 Å². The lowest BCUT2D eigenvalue weighted by Gasteiger charge is -2.10. The zero-order chi connectivity index (χ0) is 24.1. The van der Waals surface area contributed by atoms with Gasteiger partial charge in [-0.05, 0) is 55.5 Å². The van der Waals surface area contributed by atoms with Gasteiger partial charge in [-0.15, -0.1) is 10.2 Å². The molecule has 1 amide bonds. The van der Waals surface area contributed by atoms with Gasteiger partial charge in [0.25, 0.3) is 5.91 Å². The Hall–Kier alpha value is -3.82. The number of amides is 1. The van der Waals surface area contributed by atoms with Gasteiger partial charge >= 0.3 is 0 Å². The van der Waals surface area contributed by atoms with Crippen LogP contribution in [0.4, 0.5) is 0 Å². The molecule has 0 radical (unpaired) electrons. The van der Waals surface area contributed by atoms with Crippen LogP contribution in [0.1, 0.15) is 11.1 Å². The molecule has 0 bridgehead atoms. The number of aromatic hydroxyl groups is 2. The first-order valence-corrected chi connectivity index (χ1v) is 11.5. The number of aryl methyl sites for hydroxylation is 1. The highest BCUT2D eigenvalue weighted by Crippen LogP contribution is 2.29. The topological polar surface area (TPSA) is 113 Å². The first-order valence-electron chi connectivity index (χ1n) is 10.2. The third-order valence-electron chi connectivity index (χ3n) is 4.77. The Morgan fingerprint density at radius 3 is 2.53 bits per heavy atom. The number of halogens is 1. The molecule has 10 heteroatoms. The lowest BCUT2D eigenvalue weighted by Crippen LogP contribution is -2.20.